The molecule has 0 aliphatic rings. The van der Waals surface area contributed by atoms with Crippen molar-refractivity contribution in [2.75, 3.05) is 18.0 Å². The fourth-order valence-corrected chi connectivity index (χ4v) is 5.56. The number of anilines is 1. The number of nitrogens with zero attached hydrogens (tertiary/aromatic N) is 2. The summed E-state index contributed by atoms with van der Waals surface area (Å²) < 4.78 is 47.3. The summed E-state index contributed by atoms with van der Waals surface area (Å²) in [4.78, 5) is 28.5. The predicted molar refractivity (Wildman–Crippen MR) is 153 cm³/mol. The monoisotopic (exact) mass is 569 g/mol. The molecule has 3 aromatic rings. The lowest BCUT2D eigenvalue weighted by Crippen LogP contribution is -2.53. The third-order valence-electron chi connectivity index (χ3n) is 6.62. The van der Waals surface area contributed by atoms with Gasteiger partial charge in [0.25, 0.3) is 10.0 Å². The lowest BCUT2D eigenvalue weighted by molar-refractivity contribution is -0.140. The molecule has 0 heterocycles. The number of nitrogens with one attached hydrogen (secondary N) is 1. The number of benzene rings is 3. The minimum Gasteiger partial charge on any atom is -0.497 e. The predicted octanol–water partition coefficient (Wildman–Crippen LogP) is 4.75. The second-order valence-electron chi connectivity index (χ2n) is 9.41. The van der Waals surface area contributed by atoms with Gasteiger partial charge in [-0.3, -0.25) is 13.9 Å². The van der Waals surface area contributed by atoms with Crippen LogP contribution in [0.4, 0.5) is 10.1 Å². The molecule has 0 radical (unpaired) electrons. The van der Waals surface area contributed by atoms with Gasteiger partial charge in [-0.15, -0.1) is 0 Å². The zero-order valence-corrected chi connectivity index (χ0v) is 24.0. The van der Waals surface area contributed by atoms with Gasteiger partial charge in [0.1, 0.15) is 24.2 Å². The first-order chi connectivity index (χ1) is 19.1. The van der Waals surface area contributed by atoms with E-state index in [1.807, 2.05) is 13.8 Å². The summed E-state index contributed by atoms with van der Waals surface area (Å²) >= 11 is 0. The van der Waals surface area contributed by atoms with Gasteiger partial charge in [-0.05, 0) is 73.9 Å². The number of hydrogen-bond acceptors (Lipinski definition) is 5. The first-order valence-corrected chi connectivity index (χ1v) is 14.6. The minimum absolute atomic E-state index is 0.0779. The fourth-order valence-electron chi connectivity index (χ4n) is 4.15. The zero-order valence-electron chi connectivity index (χ0n) is 23.2. The molecule has 2 amide bonds. The normalized spacial score (nSPS) is 12.7. The molecule has 0 bridgehead atoms. The molecule has 0 aromatic heterocycles. The summed E-state index contributed by atoms with van der Waals surface area (Å²) in [6.07, 6.45) is 1.03. The highest BCUT2D eigenvalue weighted by Crippen LogP contribution is 2.25. The van der Waals surface area contributed by atoms with Crippen LogP contribution in [-0.4, -0.2) is 50.9 Å². The van der Waals surface area contributed by atoms with E-state index in [-0.39, 0.29) is 29.1 Å². The van der Waals surface area contributed by atoms with Gasteiger partial charge in [-0.1, -0.05) is 44.2 Å². The number of carbonyl (C=O) groups excluding carboxylic acids is 2. The Morgan fingerprint density at radius 1 is 0.925 bits per heavy atom. The molecule has 0 aliphatic heterocycles. The summed E-state index contributed by atoms with van der Waals surface area (Å²) in [7, 11) is -2.70. The van der Waals surface area contributed by atoms with Crippen molar-refractivity contribution in [2.45, 2.75) is 57.1 Å². The van der Waals surface area contributed by atoms with Crippen molar-refractivity contribution in [1.82, 2.24) is 10.2 Å². The number of hydrogen-bond donors (Lipinski definition) is 1. The molecule has 2 atom stereocenters. The Bertz CT molecular complexity index is 1370. The van der Waals surface area contributed by atoms with Crippen LogP contribution in [0.3, 0.4) is 0 Å². The Morgan fingerprint density at radius 3 is 2.10 bits per heavy atom. The third-order valence-corrected chi connectivity index (χ3v) is 8.41. The molecule has 8 nitrogen and oxygen atoms in total. The molecule has 0 fully saturated rings. The molecule has 214 valence electrons. The van der Waals surface area contributed by atoms with E-state index in [4.69, 9.17) is 4.74 Å². The molecule has 0 saturated heterocycles. The number of carbonyl (C=O) groups is 2. The minimum atomic E-state index is -4.25. The maximum Gasteiger partial charge on any atom is 0.264 e. The van der Waals surface area contributed by atoms with Crippen molar-refractivity contribution in [1.29, 1.82) is 0 Å². The Labute approximate surface area is 235 Å². The van der Waals surface area contributed by atoms with Crippen molar-refractivity contribution in [3.05, 3.63) is 90.2 Å². The van der Waals surface area contributed by atoms with Crippen LogP contribution in [0.1, 0.15) is 39.2 Å². The van der Waals surface area contributed by atoms with Crippen molar-refractivity contribution in [2.24, 2.45) is 0 Å². The van der Waals surface area contributed by atoms with Gasteiger partial charge in [-0.25, -0.2) is 12.8 Å². The molecule has 10 heteroatoms. The van der Waals surface area contributed by atoms with Crippen LogP contribution >= 0.6 is 0 Å². The average molecular weight is 570 g/mol. The summed E-state index contributed by atoms with van der Waals surface area (Å²) in [5, 5.41) is 2.95. The summed E-state index contributed by atoms with van der Waals surface area (Å²) in [5.41, 5.74) is 1.01. The van der Waals surface area contributed by atoms with Crippen LogP contribution in [0.25, 0.3) is 0 Å². The van der Waals surface area contributed by atoms with E-state index >= 15 is 0 Å². The molecule has 0 unspecified atom stereocenters. The Hall–Kier alpha value is -3.92. The molecule has 0 saturated carbocycles. The molecular formula is C30H36FN3O5S. The van der Waals surface area contributed by atoms with Gasteiger partial charge >= 0.3 is 0 Å². The lowest BCUT2D eigenvalue weighted by atomic mass is 10.1. The van der Waals surface area contributed by atoms with Crippen molar-refractivity contribution in [3.63, 3.8) is 0 Å². The SMILES string of the molecule is CC[C@@H](C)NC(=O)[C@H](CC)N(Cc1ccc(OC)cc1)C(=O)CN(c1ccccc1)S(=O)(=O)c1ccc(F)cc1. The number of ether oxygens (including phenoxy) is 1. The first-order valence-electron chi connectivity index (χ1n) is 13.2. The van der Waals surface area contributed by atoms with E-state index in [9.17, 15) is 22.4 Å². The van der Waals surface area contributed by atoms with Gasteiger partial charge in [0.15, 0.2) is 0 Å². The highest BCUT2D eigenvalue weighted by molar-refractivity contribution is 7.92. The maximum atomic E-state index is 14.0. The zero-order chi connectivity index (χ0) is 29.3. The molecule has 3 rings (SSSR count). The Balaban J connectivity index is 2.02. The van der Waals surface area contributed by atoms with Crippen LogP contribution in [0.5, 0.6) is 5.75 Å². The van der Waals surface area contributed by atoms with E-state index in [2.05, 4.69) is 5.32 Å². The third kappa shape index (κ3) is 7.59. The molecule has 40 heavy (non-hydrogen) atoms. The molecular weight excluding hydrogens is 533 g/mol. The number of halogens is 1. The Morgan fingerprint density at radius 2 is 1.55 bits per heavy atom. The standard InChI is InChI=1S/C30H36FN3O5S/c1-5-22(3)32-30(36)28(6-2)33(20-23-12-16-26(39-4)17-13-23)29(35)21-34(25-10-8-7-9-11-25)40(37,38)27-18-14-24(31)15-19-27/h7-19,22,28H,5-6,20-21H2,1-4H3,(H,32,36)/t22-,28+/m1/s1. The van der Waals surface area contributed by atoms with Crippen LogP contribution < -0.4 is 14.4 Å². The largest absolute Gasteiger partial charge is 0.497 e. The van der Waals surface area contributed by atoms with Gasteiger partial charge in [-0.2, -0.15) is 0 Å². The number of sulfonamides is 1. The topological polar surface area (TPSA) is 96.0 Å². The van der Waals surface area contributed by atoms with E-state index in [1.165, 1.54) is 4.90 Å². The summed E-state index contributed by atoms with van der Waals surface area (Å²) in [5.74, 6) is -0.809. The van der Waals surface area contributed by atoms with E-state index in [0.29, 0.717) is 18.6 Å². The van der Waals surface area contributed by atoms with Crippen LogP contribution in [-0.2, 0) is 26.2 Å². The van der Waals surface area contributed by atoms with Crippen molar-refractivity contribution in [3.8, 4) is 5.75 Å². The number of rotatable bonds is 13. The highest BCUT2D eigenvalue weighted by atomic mass is 32.2. The van der Waals surface area contributed by atoms with Crippen molar-refractivity contribution < 1.29 is 27.1 Å². The highest BCUT2D eigenvalue weighted by Gasteiger charge is 2.34. The molecule has 0 spiro atoms. The smallest absolute Gasteiger partial charge is 0.264 e. The quantitative estimate of drug-likeness (QED) is 0.321. The summed E-state index contributed by atoms with van der Waals surface area (Å²) in [6.45, 7) is 5.15. The Kier molecular flexibility index (Phi) is 10.7. The van der Waals surface area contributed by atoms with Crippen LogP contribution in [0.15, 0.2) is 83.8 Å². The second-order valence-corrected chi connectivity index (χ2v) is 11.3. The van der Waals surface area contributed by atoms with Gasteiger partial charge in [0.05, 0.1) is 17.7 Å². The second kappa shape index (κ2) is 13.9. The van der Waals surface area contributed by atoms with Crippen LogP contribution in [0.2, 0.25) is 0 Å². The lowest BCUT2D eigenvalue weighted by Gasteiger charge is -2.33. The van der Waals surface area contributed by atoms with Gasteiger partial charge < -0.3 is 15.0 Å². The molecule has 3 aromatic carbocycles. The molecule has 0 aliphatic carbocycles. The van der Waals surface area contributed by atoms with Gasteiger partial charge in [0.2, 0.25) is 11.8 Å². The van der Waals surface area contributed by atoms with E-state index in [0.717, 1.165) is 34.1 Å². The average Bonchev–Trinajstić information content (AvgIpc) is 2.96. The van der Waals surface area contributed by atoms with E-state index in [1.54, 1.807) is 68.6 Å². The first kappa shape index (κ1) is 30.6. The van der Waals surface area contributed by atoms with Gasteiger partial charge in [0, 0.05) is 12.6 Å². The van der Waals surface area contributed by atoms with Crippen LogP contribution in [0, 0.1) is 5.82 Å². The van der Waals surface area contributed by atoms with Crippen molar-refractivity contribution >= 4 is 27.5 Å². The maximum absolute atomic E-state index is 14.0. The fraction of sp³-hybridized carbons (Fsp3) is 0.333. The molecule has 1 N–H and O–H groups in total. The summed E-state index contributed by atoms with van der Waals surface area (Å²) in [6, 6.07) is 18.8. The van der Waals surface area contributed by atoms with E-state index < -0.39 is 34.3 Å². The number of para-hydroxylation sites is 1. The number of amides is 2. The number of methoxy groups -OCH3 is 1.